The maximum absolute atomic E-state index is 13.1. The van der Waals surface area contributed by atoms with Crippen LogP contribution in [0.15, 0.2) is 42.5 Å². The van der Waals surface area contributed by atoms with Crippen molar-refractivity contribution in [2.75, 3.05) is 31.1 Å². The van der Waals surface area contributed by atoms with Crippen LogP contribution in [0.2, 0.25) is 0 Å². The highest BCUT2D eigenvalue weighted by molar-refractivity contribution is 5.94. The number of hydrogen-bond donors (Lipinski definition) is 0. The number of nitrogens with zero attached hydrogens (tertiary/aromatic N) is 4. The van der Waals surface area contributed by atoms with Crippen molar-refractivity contribution in [1.29, 1.82) is 5.26 Å². The lowest BCUT2D eigenvalue weighted by Gasteiger charge is -2.36. The van der Waals surface area contributed by atoms with Gasteiger partial charge in [-0.25, -0.2) is 9.37 Å². The van der Waals surface area contributed by atoms with Crippen molar-refractivity contribution in [3.63, 3.8) is 0 Å². The Labute approximate surface area is 169 Å². The van der Waals surface area contributed by atoms with E-state index in [1.165, 1.54) is 29.8 Å². The van der Waals surface area contributed by atoms with Crippen molar-refractivity contribution in [2.45, 2.75) is 13.8 Å². The fraction of sp³-hybridized carbons (Fsp3) is 0.261. The van der Waals surface area contributed by atoms with E-state index in [4.69, 9.17) is 4.98 Å². The van der Waals surface area contributed by atoms with Gasteiger partial charge in [-0.05, 0) is 67.4 Å². The first-order valence-electron chi connectivity index (χ1n) is 9.58. The fourth-order valence-electron chi connectivity index (χ4n) is 3.65. The first kappa shape index (κ1) is 18.9. The normalized spacial score (nSPS) is 14.1. The number of amides is 1. The quantitative estimate of drug-likeness (QED) is 0.670. The van der Waals surface area contributed by atoms with E-state index < -0.39 is 0 Å². The number of piperazine rings is 1. The lowest BCUT2D eigenvalue weighted by Crippen LogP contribution is -2.49. The van der Waals surface area contributed by atoms with E-state index in [9.17, 15) is 14.4 Å². The number of fused-ring (bicyclic) bond motifs is 1. The molecule has 1 aliphatic rings. The second kappa shape index (κ2) is 7.51. The third-order valence-electron chi connectivity index (χ3n) is 5.49. The van der Waals surface area contributed by atoms with Crippen molar-refractivity contribution in [1.82, 2.24) is 9.88 Å². The van der Waals surface area contributed by atoms with Crippen LogP contribution >= 0.6 is 0 Å². The summed E-state index contributed by atoms with van der Waals surface area (Å²) in [6.45, 7) is 6.32. The molecular formula is C23H21FN4O. The van der Waals surface area contributed by atoms with Gasteiger partial charge in [-0.3, -0.25) is 4.79 Å². The molecule has 0 saturated carbocycles. The van der Waals surface area contributed by atoms with E-state index in [2.05, 4.69) is 17.0 Å². The molecular weight excluding hydrogens is 367 g/mol. The van der Waals surface area contributed by atoms with E-state index in [-0.39, 0.29) is 11.7 Å². The Kier molecular flexibility index (Phi) is 4.89. The largest absolute Gasteiger partial charge is 0.352 e. The average molecular weight is 388 g/mol. The lowest BCUT2D eigenvalue weighted by atomic mass is 10.0. The van der Waals surface area contributed by atoms with Crippen LogP contribution in [0.1, 0.15) is 27.0 Å². The van der Waals surface area contributed by atoms with Crippen molar-refractivity contribution in [3.05, 3.63) is 70.5 Å². The Hall–Kier alpha value is -3.46. The first-order valence-corrected chi connectivity index (χ1v) is 9.58. The smallest absolute Gasteiger partial charge is 0.253 e. The molecule has 1 saturated heterocycles. The maximum atomic E-state index is 13.1. The van der Waals surface area contributed by atoms with Gasteiger partial charge in [0.2, 0.25) is 0 Å². The molecule has 3 aromatic rings. The van der Waals surface area contributed by atoms with Crippen molar-refractivity contribution in [2.24, 2.45) is 0 Å². The molecule has 0 N–H and O–H groups in total. The number of aromatic nitrogens is 1. The van der Waals surface area contributed by atoms with E-state index >= 15 is 0 Å². The zero-order valence-electron chi connectivity index (χ0n) is 16.4. The number of pyridine rings is 1. The van der Waals surface area contributed by atoms with Crippen LogP contribution in [0.5, 0.6) is 0 Å². The molecule has 2 heterocycles. The Morgan fingerprint density at radius 2 is 1.69 bits per heavy atom. The van der Waals surface area contributed by atoms with Gasteiger partial charge in [-0.1, -0.05) is 0 Å². The second-order valence-corrected chi connectivity index (χ2v) is 7.39. The van der Waals surface area contributed by atoms with Crippen molar-refractivity contribution in [3.8, 4) is 6.07 Å². The molecule has 0 unspecified atom stereocenters. The Morgan fingerprint density at radius 3 is 2.34 bits per heavy atom. The molecule has 0 radical (unpaired) electrons. The number of benzene rings is 2. The minimum Gasteiger partial charge on any atom is -0.352 e. The molecule has 0 atom stereocenters. The summed E-state index contributed by atoms with van der Waals surface area (Å²) in [6, 6.07) is 13.9. The average Bonchev–Trinajstić information content (AvgIpc) is 2.74. The fourth-order valence-corrected chi connectivity index (χ4v) is 3.65. The molecule has 1 aromatic heterocycles. The summed E-state index contributed by atoms with van der Waals surface area (Å²) in [6.07, 6.45) is 0. The van der Waals surface area contributed by atoms with Gasteiger partial charge in [0.15, 0.2) is 0 Å². The molecule has 0 spiro atoms. The molecule has 0 bridgehead atoms. The van der Waals surface area contributed by atoms with Gasteiger partial charge in [-0.2, -0.15) is 5.26 Å². The number of aryl methyl sites for hydroxylation is 2. The highest BCUT2D eigenvalue weighted by Crippen LogP contribution is 2.26. The van der Waals surface area contributed by atoms with Crippen molar-refractivity contribution < 1.29 is 9.18 Å². The number of hydrogen-bond acceptors (Lipinski definition) is 4. The SMILES string of the molecule is Cc1cc2cc(C#N)c(N3CCN(C(=O)c4ccc(F)cc4)CC3)nc2cc1C. The zero-order valence-corrected chi connectivity index (χ0v) is 16.4. The Bertz CT molecular complexity index is 1130. The molecule has 1 aliphatic heterocycles. The van der Waals surface area contributed by atoms with Crippen LogP contribution < -0.4 is 4.90 Å². The van der Waals surface area contributed by atoms with Gasteiger partial charge in [-0.15, -0.1) is 0 Å². The van der Waals surface area contributed by atoms with Crippen LogP contribution in [-0.2, 0) is 0 Å². The van der Waals surface area contributed by atoms with Gasteiger partial charge in [0.1, 0.15) is 17.7 Å². The summed E-state index contributed by atoms with van der Waals surface area (Å²) < 4.78 is 13.1. The van der Waals surface area contributed by atoms with Crippen molar-refractivity contribution >= 4 is 22.6 Å². The number of nitriles is 1. The third-order valence-corrected chi connectivity index (χ3v) is 5.49. The lowest BCUT2D eigenvalue weighted by molar-refractivity contribution is 0.0746. The van der Waals surface area contributed by atoms with Gasteiger partial charge < -0.3 is 9.80 Å². The van der Waals surface area contributed by atoms with Crippen LogP contribution in [-0.4, -0.2) is 42.0 Å². The highest BCUT2D eigenvalue weighted by Gasteiger charge is 2.24. The van der Waals surface area contributed by atoms with E-state index in [0.717, 1.165) is 16.5 Å². The minimum absolute atomic E-state index is 0.109. The molecule has 6 heteroatoms. The molecule has 4 rings (SSSR count). The third kappa shape index (κ3) is 3.64. The Balaban J connectivity index is 1.55. The number of anilines is 1. The summed E-state index contributed by atoms with van der Waals surface area (Å²) in [5, 5.41) is 10.6. The number of carbonyl (C=O) groups excluding carboxylic acids is 1. The second-order valence-electron chi connectivity index (χ2n) is 7.39. The molecule has 2 aromatic carbocycles. The molecule has 5 nitrogen and oxygen atoms in total. The van der Waals surface area contributed by atoms with Gasteiger partial charge in [0, 0.05) is 37.1 Å². The van der Waals surface area contributed by atoms with Gasteiger partial charge in [0.05, 0.1) is 11.1 Å². The van der Waals surface area contributed by atoms with Gasteiger partial charge in [0.25, 0.3) is 5.91 Å². The van der Waals surface area contributed by atoms with Crippen LogP contribution in [0.25, 0.3) is 10.9 Å². The standard InChI is InChI=1S/C23H21FN4O/c1-15-11-18-13-19(14-25)22(26-21(18)12-16(15)2)27-7-9-28(10-8-27)23(29)17-3-5-20(24)6-4-17/h3-6,11-13H,7-10H2,1-2H3. The van der Waals surface area contributed by atoms with Crippen LogP contribution in [0, 0.1) is 31.0 Å². The molecule has 1 amide bonds. The van der Waals surface area contributed by atoms with E-state index in [0.29, 0.717) is 43.1 Å². The predicted octanol–water partition coefficient (Wildman–Crippen LogP) is 3.82. The molecule has 1 fully saturated rings. The minimum atomic E-state index is -0.358. The van der Waals surface area contributed by atoms with Gasteiger partial charge >= 0.3 is 0 Å². The zero-order chi connectivity index (χ0) is 20.5. The Morgan fingerprint density at radius 1 is 1.03 bits per heavy atom. The highest BCUT2D eigenvalue weighted by atomic mass is 19.1. The summed E-state index contributed by atoms with van der Waals surface area (Å²) >= 11 is 0. The number of rotatable bonds is 2. The number of carbonyl (C=O) groups is 1. The predicted molar refractivity (Wildman–Crippen MR) is 110 cm³/mol. The monoisotopic (exact) mass is 388 g/mol. The molecule has 0 aliphatic carbocycles. The summed E-state index contributed by atoms with van der Waals surface area (Å²) in [5.41, 5.74) is 4.22. The van der Waals surface area contributed by atoms with Crippen LogP contribution in [0.3, 0.4) is 0 Å². The topological polar surface area (TPSA) is 60.2 Å². The molecule has 146 valence electrons. The maximum Gasteiger partial charge on any atom is 0.253 e. The molecule has 29 heavy (non-hydrogen) atoms. The van der Waals surface area contributed by atoms with E-state index in [1.54, 1.807) is 4.90 Å². The van der Waals surface area contributed by atoms with Crippen LogP contribution in [0.4, 0.5) is 10.2 Å². The summed E-state index contributed by atoms with van der Waals surface area (Å²) in [4.78, 5) is 21.2. The first-order chi connectivity index (χ1) is 14.0. The summed E-state index contributed by atoms with van der Waals surface area (Å²) in [5.74, 6) is 0.197. The summed E-state index contributed by atoms with van der Waals surface area (Å²) in [7, 11) is 0. The number of halogens is 1. The van der Waals surface area contributed by atoms with E-state index in [1.807, 2.05) is 26.0 Å².